The summed E-state index contributed by atoms with van der Waals surface area (Å²) in [6, 6.07) is 5.28. The molecular weight excluding hydrogens is 341 g/mol. The van der Waals surface area contributed by atoms with E-state index in [2.05, 4.69) is 9.88 Å². The van der Waals surface area contributed by atoms with Gasteiger partial charge in [-0.25, -0.2) is 4.98 Å². The third kappa shape index (κ3) is 4.08. The Morgan fingerprint density at radius 3 is 2.40 bits per heavy atom. The van der Waals surface area contributed by atoms with Gasteiger partial charge in [0.25, 0.3) is 0 Å². The summed E-state index contributed by atoms with van der Waals surface area (Å²) in [5.74, 6) is 0.719. The molecule has 2 aromatic heterocycles. The fourth-order valence-electron chi connectivity index (χ4n) is 2.65. The molecule has 0 aliphatic carbocycles. The van der Waals surface area contributed by atoms with Crippen molar-refractivity contribution >= 4 is 11.7 Å². The van der Waals surface area contributed by atoms with E-state index >= 15 is 0 Å². The van der Waals surface area contributed by atoms with Crippen molar-refractivity contribution in [3.8, 4) is 0 Å². The number of piperazine rings is 1. The third-order valence-electron chi connectivity index (χ3n) is 3.98. The first-order valence-electron chi connectivity index (χ1n) is 7.56. The zero-order chi connectivity index (χ0) is 18.0. The second kappa shape index (κ2) is 6.71. The molecule has 3 heterocycles. The first-order valence-corrected chi connectivity index (χ1v) is 7.56. The molecule has 1 saturated heterocycles. The van der Waals surface area contributed by atoms with Crippen LogP contribution >= 0.6 is 0 Å². The molecule has 0 radical (unpaired) electrons. The van der Waals surface area contributed by atoms with Crippen molar-refractivity contribution in [1.29, 1.82) is 0 Å². The summed E-state index contributed by atoms with van der Waals surface area (Å²) < 4.78 is 42.8. The van der Waals surface area contributed by atoms with Crippen molar-refractivity contribution in [3.05, 3.63) is 51.9 Å². The summed E-state index contributed by atoms with van der Waals surface area (Å²) in [5.41, 5.74) is -0.769. The minimum atomic E-state index is -4.39. The van der Waals surface area contributed by atoms with Gasteiger partial charge in [-0.1, -0.05) is 0 Å². The van der Waals surface area contributed by atoms with Crippen molar-refractivity contribution in [3.63, 3.8) is 0 Å². The van der Waals surface area contributed by atoms with Gasteiger partial charge in [0.05, 0.1) is 18.2 Å². The fraction of sp³-hybridized carbons (Fsp3) is 0.400. The largest absolute Gasteiger partial charge is 0.433 e. The summed E-state index contributed by atoms with van der Waals surface area (Å²) in [6.07, 6.45) is -3.56. The number of furan rings is 1. The van der Waals surface area contributed by atoms with Crippen LogP contribution in [0.4, 0.5) is 24.9 Å². The highest BCUT2D eigenvalue weighted by Gasteiger charge is 2.31. The van der Waals surface area contributed by atoms with Gasteiger partial charge in [0.1, 0.15) is 16.5 Å². The maximum absolute atomic E-state index is 12.6. The van der Waals surface area contributed by atoms with Crippen LogP contribution in [-0.4, -0.2) is 41.0 Å². The van der Waals surface area contributed by atoms with E-state index in [1.54, 1.807) is 6.07 Å². The average Bonchev–Trinajstić information content (AvgIpc) is 3.04. The molecule has 3 rings (SSSR count). The van der Waals surface area contributed by atoms with Crippen molar-refractivity contribution < 1.29 is 22.5 Å². The Hall–Kier alpha value is -2.62. The number of rotatable bonds is 4. The second-order valence-corrected chi connectivity index (χ2v) is 5.66. The van der Waals surface area contributed by atoms with Gasteiger partial charge in [-0.3, -0.25) is 15.0 Å². The Labute approximate surface area is 140 Å². The molecule has 2 aromatic rings. The molecule has 25 heavy (non-hydrogen) atoms. The SMILES string of the molecule is O=[N+]([O-])c1ccc(CN2CCN(c3ccc(C(F)(F)F)cn3)CC2)o1. The van der Waals surface area contributed by atoms with E-state index in [9.17, 15) is 23.3 Å². The molecule has 1 aliphatic rings. The van der Waals surface area contributed by atoms with E-state index in [1.165, 1.54) is 12.1 Å². The maximum Gasteiger partial charge on any atom is 0.433 e. The van der Waals surface area contributed by atoms with E-state index in [1.807, 2.05) is 4.90 Å². The maximum atomic E-state index is 12.6. The number of halogens is 3. The Morgan fingerprint density at radius 2 is 1.88 bits per heavy atom. The molecular formula is C15H15F3N4O3. The second-order valence-electron chi connectivity index (χ2n) is 5.66. The Bertz CT molecular complexity index is 737. The molecule has 0 bridgehead atoms. The number of pyridine rings is 1. The summed E-state index contributed by atoms with van der Waals surface area (Å²) >= 11 is 0. The lowest BCUT2D eigenvalue weighted by molar-refractivity contribution is -0.402. The van der Waals surface area contributed by atoms with Crippen LogP contribution in [0.15, 0.2) is 34.9 Å². The first-order chi connectivity index (χ1) is 11.8. The highest BCUT2D eigenvalue weighted by molar-refractivity contribution is 5.40. The number of aromatic nitrogens is 1. The Morgan fingerprint density at radius 1 is 1.16 bits per heavy atom. The Kier molecular flexibility index (Phi) is 4.62. The van der Waals surface area contributed by atoms with E-state index in [0.29, 0.717) is 44.3 Å². The van der Waals surface area contributed by atoms with Crippen LogP contribution in [0.25, 0.3) is 0 Å². The van der Waals surface area contributed by atoms with Crippen molar-refractivity contribution in [2.45, 2.75) is 12.7 Å². The molecule has 0 spiro atoms. The fourth-order valence-corrected chi connectivity index (χ4v) is 2.65. The van der Waals surface area contributed by atoms with E-state index in [0.717, 1.165) is 12.3 Å². The van der Waals surface area contributed by atoms with Crippen LogP contribution in [0.2, 0.25) is 0 Å². The topological polar surface area (TPSA) is 75.7 Å². The molecule has 1 fully saturated rings. The van der Waals surface area contributed by atoms with Gasteiger partial charge >= 0.3 is 12.1 Å². The minimum absolute atomic E-state index is 0.289. The highest BCUT2D eigenvalue weighted by atomic mass is 19.4. The lowest BCUT2D eigenvalue weighted by atomic mass is 10.2. The molecule has 134 valence electrons. The lowest BCUT2D eigenvalue weighted by Gasteiger charge is -2.35. The minimum Gasteiger partial charge on any atom is -0.404 e. The summed E-state index contributed by atoms with van der Waals surface area (Å²) in [6.45, 7) is 2.94. The van der Waals surface area contributed by atoms with Gasteiger partial charge in [0.2, 0.25) is 0 Å². The van der Waals surface area contributed by atoms with Gasteiger partial charge in [-0.2, -0.15) is 13.2 Å². The summed E-state index contributed by atoms with van der Waals surface area (Å²) in [4.78, 5) is 17.9. The number of alkyl halides is 3. The normalized spacial score (nSPS) is 16.2. The predicted octanol–water partition coefficient (Wildman–Crippen LogP) is 2.92. The number of nitrogens with zero attached hydrogens (tertiary/aromatic N) is 4. The van der Waals surface area contributed by atoms with Crippen LogP contribution in [-0.2, 0) is 12.7 Å². The predicted molar refractivity (Wildman–Crippen MR) is 82.1 cm³/mol. The smallest absolute Gasteiger partial charge is 0.404 e. The summed E-state index contributed by atoms with van der Waals surface area (Å²) in [7, 11) is 0. The lowest BCUT2D eigenvalue weighted by Crippen LogP contribution is -2.46. The van der Waals surface area contributed by atoms with Gasteiger partial charge in [0, 0.05) is 32.4 Å². The van der Waals surface area contributed by atoms with Gasteiger partial charge in [0.15, 0.2) is 0 Å². The molecule has 0 unspecified atom stereocenters. The van der Waals surface area contributed by atoms with E-state index in [-0.39, 0.29) is 5.88 Å². The van der Waals surface area contributed by atoms with E-state index < -0.39 is 16.7 Å². The number of nitro groups is 1. The monoisotopic (exact) mass is 356 g/mol. The van der Waals surface area contributed by atoms with Crippen molar-refractivity contribution in [2.24, 2.45) is 0 Å². The van der Waals surface area contributed by atoms with Crippen LogP contribution in [0.1, 0.15) is 11.3 Å². The summed E-state index contributed by atoms with van der Waals surface area (Å²) in [5, 5.41) is 10.6. The number of hydrogen-bond donors (Lipinski definition) is 0. The van der Waals surface area contributed by atoms with Gasteiger partial charge < -0.3 is 9.32 Å². The van der Waals surface area contributed by atoms with Gasteiger partial charge in [-0.05, 0) is 18.2 Å². The number of anilines is 1. The van der Waals surface area contributed by atoms with Crippen molar-refractivity contribution in [2.75, 3.05) is 31.1 Å². The quantitative estimate of drug-likeness (QED) is 0.619. The highest BCUT2D eigenvalue weighted by Crippen LogP contribution is 2.29. The van der Waals surface area contributed by atoms with E-state index in [4.69, 9.17) is 4.42 Å². The van der Waals surface area contributed by atoms with Crippen LogP contribution < -0.4 is 4.90 Å². The third-order valence-corrected chi connectivity index (χ3v) is 3.98. The molecule has 0 N–H and O–H groups in total. The first kappa shape index (κ1) is 17.2. The average molecular weight is 356 g/mol. The zero-order valence-electron chi connectivity index (χ0n) is 13.1. The molecule has 7 nitrogen and oxygen atoms in total. The zero-order valence-corrected chi connectivity index (χ0v) is 13.1. The van der Waals surface area contributed by atoms with Crippen LogP contribution in [0, 0.1) is 10.1 Å². The number of hydrogen-bond acceptors (Lipinski definition) is 6. The molecule has 1 aliphatic heterocycles. The molecule has 10 heteroatoms. The molecule has 0 amide bonds. The van der Waals surface area contributed by atoms with Crippen LogP contribution in [0.5, 0.6) is 0 Å². The van der Waals surface area contributed by atoms with Crippen molar-refractivity contribution in [1.82, 2.24) is 9.88 Å². The standard InChI is InChI=1S/C15H15F3N4O3/c16-15(17,18)11-1-3-13(19-9-11)21-7-5-20(6-8-21)10-12-2-4-14(25-12)22(23)24/h1-4,9H,5-8,10H2. The molecule has 0 aromatic carbocycles. The molecule has 0 atom stereocenters. The van der Waals surface area contributed by atoms with Crippen LogP contribution in [0.3, 0.4) is 0 Å². The molecule has 0 saturated carbocycles. The Balaban J connectivity index is 1.55. The van der Waals surface area contributed by atoms with Gasteiger partial charge in [-0.15, -0.1) is 0 Å².